The van der Waals surface area contributed by atoms with Crippen molar-refractivity contribution in [3.8, 4) is 55.6 Å². The maximum absolute atomic E-state index is 2.52. The highest BCUT2D eigenvalue weighted by molar-refractivity contribution is 5.89. The first-order valence-corrected chi connectivity index (χ1v) is 36.0. The van der Waals surface area contributed by atoms with Gasteiger partial charge < -0.3 is 19.6 Å². The minimum Gasteiger partial charge on any atom is -0.311 e. The maximum Gasteiger partial charge on any atom is 0.0463 e. The third-order valence-corrected chi connectivity index (χ3v) is 22.2. The molecule has 0 saturated heterocycles. The van der Waals surface area contributed by atoms with Gasteiger partial charge in [0.2, 0.25) is 0 Å². The molecule has 4 aliphatic carbocycles. The molecule has 14 aromatic rings. The zero-order chi connectivity index (χ0) is 66.4. The fraction of sp³-hybridized carbons (Fsp3) is 0.125. The van der Waals surface area contributed by atoms with Crippen molar-refractivity contribution in [3.05, 3.63) is 374 Å². The summed E-state index contributed by atoms with van der Waals surface area (Å²) in [5.74, 6) is 0. The summed E-state index contributed by atoms with van der Waals surface area (Å²) in [5.41, 5.74) is 32.5. The summed E-state index contributed by atoms with van der Waals surface area (Å²) in [5, 5.41) is 0. The van der Waals surface area contributed by atoms with E-state index in [-0.39, 0.29) is 10.8 Å². The molecule has 0 unspecified atom stereocenters. The molecule has 0 bridgehead atoms. The van der Waals surface area contributed by atoms with E-state index in [0.29, 0.717) is 0 Å². The van der Waals surface area contributed by atoms with Gasteiger partial charge in [-0.25, -0.2) is 0 Å². The van der Waals surface area contributed by atoms with Crippen LogP contribution in [0.2, 0.25) is 0 Å². The normalized spacial score (nSPS) is 14.4. The SMILES string of the molecule is c1ccc(N(c2ccc(-c3ccc(N(c4ccccc4)c4ccc(N(c5ccccc5)c5ccc(-c6ccc7c(c6)C6(CCCCC6)c6ccccc6-7)cc5)cc4)cc3)cc2)c2ccc(N(c3ccccc3)c3ccc(-c4ccc5c(c4)C4(CCCCC4)c4ccccc4-5)cc3)cc2)cc1. The molecule has 14 aromatic carbocycles. The third kappa shape index (κ3) is 10.9. The van der Waals surface area contributed by atoms with Crippen LogP contribution in [0.25, 0.3) is 55.6 Å². The molecular formula is C96H78N4. The van der Waals surface area contributed by atoms with Gasteiger partial charge in [-0.1, -0.05) is 233 Å². The predicted octanol–water partition coefficient (Wildman–Crippen LogP) is 27.0. The Bertz CT molecular complexity index is 4860. The molecule has 482 valence electrons. The lowest BCUT2D eigenvalue weighted by Crippen LogP contribution is -2.28. The zero-order valence-electron chi connectivity index (χ0n) is 56.3. The molecule has 4 heteroatoms. The van der Waals surface area contributed by atoms with Crippen LogP contribution in [-0.4, -0.2) is 0 Å². The van der Waals surface area contributed by atoms with Crippen LogP contribution in [0.5, 0.6) is 0 Å². The van der Waals surface area contributed by atoms with Crippen LogP contribution in [0.4, 0.5) is 68.2 Å². The Kier molecular flexibility index (Phi) is 15.7. The van der Waals surface area contributed by atoms with E-state index in [2.05, 4.69) is 371 Å². The van der Waals surface area contributed by atoms with E-state index in [9.17, 15) is 0 Å². The fourth-order valence-electron chi connectivity index (χ4n) is 17.5. The standard InChI is InChI=1S/C96H78N4/c1-7-23-75(24-8-1)97(83-53-57-85(58-54-83)99(77-27-11-3-12-28-77)81-49-39-71(40-50-81)73-43-61-89-87-31-15-17-33-91(87)95(93(89)67-73)63-19-5-20-64-95)79-45-35-69(36-46-79)70-37-47-80(48-38-70)98(76-25-9-2-10-26-76)84-55-59-86(60-56-84)100(78-29-13-4-14-30-78)82-51-41-72(42-52-82)74-44-62-90-88-32-16-18-34-92(88)96(94(90)68-74)65-21-6-22-66-96/h1-4,7-18,23-62,67-68H,5-6,19-22,63-66H2. The largest absolute Gasteiger partial charge is 0.311 e. The number of nitrogens with zero attached hydrogens (tertiary/aromatic N) is 4. The molecule has 2 fully saturated rings. The Morgan fingerprint density at radius 2 is 0.360 bits per heavy atom. The number of hydrogen-bond acceptors (Lipinski definition) is 4. The lowest BCUT2D eigenvalue weighted by Gasteiger charge is -2.36. The van der Waals surface area contributed by atoms with E-state index < -0.39 is 0 Å². The summed E-state index contributed by atoms with van der Waals surface area (Å²) in [7, 11) is 0. The van der Waals surface area contributed by atoms with Crippen LogP contribution in [-0.2, 0) is 10.8 Å². The third-order valence-electron chi connectivity index (χ3n) is 22.2. The number of rotatable bonds is 15. The van der Waals surface area contributed by atoms with Crippen molar-refractivity contribution < 1.29 is 0 Å². The van der Waals surface area contributed by atoms with Crippen molar-refractivity contribution in [2.75, 3.05) is 19.6 Å². The van der Waals surface area contributed by atoms with E-state index in [1.807, 2.05) is 0 Å². The second-order valence-corrected chi connectivity index (χ2v) is 27.8. The van der Waals surface area contributed by atoms with E-state index in [1.54, 1.807) is 0 Å². The molecule has 4 nitrogen and oxygen atoms in total. The van der Waals surface area contributed by atoms with Gasteiger partial charge in [-0.05, 0) is 261 Å². The molecule has 0 atom stereocenters. The van der Waals surface area contributed by atoms with Crippen molar-refractivity contribution in [2.24, 2.45) is 0 Å². The van der Waals surface area contributed by atoms with E-state index in [0.717, 1.165) is 79.4 Å². The molecule has 18 rings (SSSR count). The molecule has 2 saturated carbocycles. The Morgan fingerprint density at radius 1 is 0.160 bits per heavy atom. The van der Waals surface area contributed by atoms with Crippen molar-refractivity contribution >= 4 is 68.2 Å². The molecule has 2 spiro atoms. The quantitative estimate of drug-likeness (QED) is 0.101. The topological polar surface area (TPSA) is 13.0 Å². The Hall–Kier alpha value is -11.7. The monoisotopic (exact) mass is 1290 g/mol. The lowest BCUT2D eigenvalue weighted by molar-refractivity contribution is 0.353. The van der Waals surface area contributed by atoms with E-state index in [1.165, 1.54) is 131 Å². The molecule has 100 heavy (non-hydrogen) atoms. The molecule has 0 heterocycles. The van der Waals surface area contributed by atoms with Crippen LogP contribution in [0, 0.1) is 0 Å². The summed E-state index contributed by atoms with van der Waals surface area (Å²) in [6.45, 7) is 0. The highest BCUT2D eigenvalue weighted by atomic mass is 15.2. The molecule has 0 aliphatic heterocycles. The van der Waals surface area contributed by atoms with Crippen LogP contribution in [0.3, 0.4) is 0 Å². The van der Waals surface area contributed by atoms with Crippen LogP contribution < -0.4 is 19.6 Å². The van der Waals surface area contributed by atoms with Gasteiger partial charge in [-0.15, -0.1) is 0 Å². The first-order chi connectivity index (χ1) is 49.5. The van der Waals surface area contributed by atoms with Gasteiger partial charge in [0.25, 0.3) is 0 Å². The first kappa shape index (κ1) is 60.7. The van der Waals surface area contributed by atoms with Gasteiger partial charge in [0.05, 0.1) is 0 Å². The number of fused-ring (bicyclic) bond motifs is 10. The predicted molar refractivity (Wildman–Crippen MR) is 420 cm³/mol. The smallest absolute Gasteiger partial charge is 0.0463 e. The average molecular weight is 1290 g/mol. The molecule has 0 radical (unpaired) electrons. The summed E-state index contributed by atoms with van der Waals surface area (Å²) < 4.78 is 0. The number of hydrogen-bond donors (Lipinski definition) is 0. The van der Waals surface area contributed by atoms with Gasteiger partial charge in [0.15, 0.2) is 0 Å². The van der Waals surface area contributed by atoms with E-state index >= 15 is 0 Å². The van der Waals surface area contributed by atoms with Gasteiger partial charge >= 0.3 is 0 Å². The minimum absolute atomic E-state index is 0.122. The van der Waals surface area contributed by atoms with E-state index in [4.69, 9.17) is 0 Å². The van der Waals surface area contributed by atoms with Crippen LogP contribution in [0.1, 0.15) is 86.5 Å². The Labute approximate surface area is 589 Å². The van der Waals surface area contributed by atoms with Gasteiger partial charge in [-0.3, -0.25) is 0 Å². The van der Waals surface area contributed by atoms with Crippen LogP contribution in [0.15, 0.2) is 352 Å². The Balaban J connectivity index is 0.601. The fourth-order valence-corrected chi connectivity index (χ4v) is 17.5. The molecular weight excluding hydrogens is 1210 g/mol. The van der Waals surface area contributed by atoms with Gasteiger partial charge in [0.1, 0.15) is 0 Å². The van der Waals surface area contributed by atoms with Crippen molar-refractivity contribution in [3.63, 3.8) is 0 Å². The lowest BCUT2D eigenvalue weighted by atomic mass is 9.67. The maximum atomic E-state index is 2.52. The highest BCUT2D eigenvalue weighted by Crippen LogP contribution is 2.58. The average Bonchev–Trinajstić information content (AvgIpc) is 1.57. The first-order valence-electron chi connectivity index (χ1n) is 36.0. The van der Waals surface area contributed by atoms with Crippen molar-refractivity contribution in [1.82, 2.24) is 0 Å². The van der Waals surface area contributed by atoms with Gasteiger partial charge in [0, 0.05) is 79.1 Å². The second kappa shape index (κ2) is 25.9. The van der Waals surface area contributed by atoms with Gasteiger partial charge in [-0.2, -0.15) is 0 Å². The summed E-state index contributed by atoms with van der Waals surface area (Å²) >= 11 is 0. The summed E-state index contributed by atoms with van der Waals surface area (Å²) in [4.78, 5) is 9.43. The molecule has 0 N–H and O–H groups in total. The van der Waals surface area contributed by atoms with Crippen molar-refractivity contribution in [2.45, 2.75) is 75.0 Å². The zero-order valence-corrected chi connectivity index (χ0v) is 56.3. The Morgan fingerprint density at radius 3 is 0.630 bits per heavy atom. The number of anilines is 12. The molecule has 0 aromatic heterocycles. The minimum atomic E-state index is 0.122. The van der Waals surface area contributed by atoms with Crippen LogP contribution >= 0.6 is 0 Å². The number of benzene rings is 14. The highest BCUT2D eigenvalue weighted by Gasteiger charge is 2.45. The summed E-state index contributed by atoms with van der Waals surface area (Å²) in [6, 6.07) is 130. The second-order valence-electron chi connectivity index (χ2n) is 27.8. The van der Waals surface area contributed by atoms with Crippen molar-refractivity contribution in [1.29, 1.82) is 0 Å². The summed E-state index contributed by atoms with van der Waals surface area (Å²) in [6.07, 6.45) is 12.7. The molecule has 4 aliphatic rings. The molecule has 0 amide bonds. The number of para-hydroxylation sites is 4.